The maximum Gasteiger partial charge on any atom is 0.333 e. The highest BCUT2D eigenvalue weighted by Crippen LogP contribution is 2.42. The molecule has 2 aromatic carbocycles. The molecule has 1 aromatic heterocycles. The van der Waals surface area contributed by atoms with E-state index in [2.05, 4.69) is 19.8 Å². The Morgan fingerprint density at radius 2 is 1.97 bits per heavy atom. The number of aliphatic carboxylic acids is 1. The lowest BCUT2D eigenvalue weighted by molar-refractivity contribution is -0.132. The lowest BCUT2D eigenvalue weighted by Crippen LogP contribution is -2.26. The van der Waals surface area contributed by atoms with Crippen molar-refractivity contribution in [1.82, 2.24) is 9.97 Å². The number of carboxylic acids is 1. The number of anilines is 4. The van der Waals surface area contributed by atoms with Crippen LogP contribution in [0.1, 0.15) is 29.5 Å². The summed E-state index contributed by atoms with van der Waals surface area (Å²) in [7, 11) is 0. The molecule has 3 aliphatic rings. The second-order valence-electron chi connectivity index (χ2n) is 9.39. The Hall–Kier alpha value is -4.14. The number of hydrogen-bond acceptors (Lipinski definition) is 7. The molecule has 0 amide bonds. The molecular weight excluding hydrogens is 447 g/mol. The van der Waals surface area contributed by atoms with Crippen LogP contribution in [-0.2, 0) is 24.2 Å². The van der Waals surface area contributed by atoms with E-state index in [1.165, 1.54) is 0 Å². The first-order valence-corrected chi connectivity index (χ1v) is 11.7. The van der Waals surface area contributed by atoms with Gasteiger partial charge in [-0.15, -0.1) is 0 Å². The standard InChI is InChI=1S/C26H25FN6O2/c27-21-10-22-16(5-6-32(22)12-18-11-30-26(29)31-24(18)28)8-20(21)14-1-2-15-7-17(25(34)35)13-33(19-3-4-19)23(15)9-14/h1-2,8-11,13,19H,3-7,12H2,(H,34,35)(H4,28,29,30,31). The van der Waals surface area contributed by atoms with E-state index in [1.54, 1.807) is 18.5 Å². The molecule has 5 N–H and O–H groups in total. The second-order valence-corrected chi connectivity index (χ2v) is 9.39. The van der Waals surface area contributed by atoms with Crippen LogP contribution in [-0.4, -0.2) is 33.6 Å². The Balaban J connectivity index is 1.32. The first-order valence-electron chi connectivity index (χ1n) is 11.7. The molecule has 0 unspecified atom stereocenters. The average Bonchev–Trinajstić information content (AvgIpc) is 3.61. The summed E-state index contributed by atoms with van der Waals surface area (Å²) in [6.45, 7) is 1.22. The lowest BCUT2D eigenvalue weighted by Gasteiger charge is -2.29. The van der Waals surface area contributed by atoms with Gasteiger partial charge in [-0.1, -0.05) is 12.1 Å². The summed E-state index contributed by atoms with van der Waals surface area (Å²) < 4.78 is 15.4. The predicted molar refractivity (Wildman–Crippen MR) is 132 cm³/mol. The Labute approximate surface area is 201 Å². The van der Waals surface area contributed by atoms with Crippen LogP contribution in [0.3, 0.4) is 0 Å². The molecule has 178 valence electrons. The van der Waals surface area contributed by atoms with Crippen molar-refractivity contribution in [2.75, 3.05) is 27.8 Å². The Morgan fingerprint density at radius 3 is 2.71 bits per heavy atom. The van der Waals surface area contributed by atoms with Crippen LogP contribution < -0.4 is 21.3 Å². The number of nitrogens with two attached hydrogens (primary N) is 2. The monoisotopic (exact) mass is 472 g/mol. The van der Waals surface area contributed by atoms with E-state index in [-0.39, 0.29) is 11.8 Å². The molecule has 35 heavy (non-hydrogen) atoms. The zero-order valence-corrected chi connectivity index (χ0v) is 19.0. The maximum absolute atomic E-state index is 15.4. The highest BCUT2D eigenvalue weighted by molar-refractivity contribution is 5.90. The predicted octanol–water partition coefficient (Wildman–Crippen LogP) is 3.50. The van der Waals surface area contributed by atoms with Crippen LogP contribution >= 0.6 is 0 Å². The second kappa shape index (κ2) is 7.97. The topological polar surface area (TPSA) is 122 Å². The molecule has 6 rings (SSSR count). The Bertz CT molecular complexity index is 1400. The van der Waals surface area contributed by atoms with Gasteiger partial charge in [0, 0.05) is 60.5 Å². The van der Waals surface area contributed by atoms with Crippen LogP contribution in [0.4, 0.5) is 27.5 Å². The Morgan fingerprint density at radius 1 is 1.14 bits per heavy atom. The third-order valence-electron chi connectivity index (χ3n) is 7.00. The number of carbonyl (C=O) groups is 1. The summed E-state index contributed by atoms with van der Waals surface area (Å²) in [4.78, 5) is 23.8. The van der Waals surface area contributed by atoms with Gasteiger partial charge in [0.05, 0.1) is 5.57 Å². The molecule has 2 aliphatic heterocycles. The minimum Gasteiger partial charge on any atom is -0.478 e. The van der Waals surface area contributed by atoms with E-state index < -0.39 is 5.97 Å². The van der Waals surface area contributed by atoms with Crippen molar-refractivity contribution in [2.24, 2.45) is 0 Å². The largest absolute Gasteiger partial charge is 0.478 e. The summed E-state index contributed by atoms with van der Waals surface area (Å²) in [5.41, 5.74) is 17.9. The van der Waals surface area contributed by atoms with E-state index >= 15 is 4.39 Å². The molecule has 0 saturated heterocycles. The quantitative estimate of drug-likeness (QED) is 0.516. The zero-order chi connectivity index (χ0) is 24.3. The van der Waals surface area contributed by atoms with Crippen LogP contribution in [0.5, 0.6) is 0 Å². The number of nitrogens with zero attached hydrogens (tertiary/aromatic N) is 4. The first kappa shape index (κ1) is 21.4. The molecule has 1 saturated carbocycles. The number of hydrogen-bond donors (Lipinski definition) is 3. The lowest BCUT2D eigenvalue weighted by atomic mass is 9.94. The molecule has 8 nitrogen and oxygen atoms in total. The number of fused-ring (bicyclic) bond motifs is 2. The third kappa shape index (κ3) is 3.82. The normalized spacial score (nSPS) is 16.7. The maximum atomic E-state index is 15.4. The van der Waals surface area contributed by atoms with Crippen molar-refractivity contribution in [1.29, 1.82) is 0 Å². The van der Waals surface area contributed by atoms with Crippen molar-refractivity contribution in [2.45, 2.75) is 38.3 Å². The number of nitrogen functional groups attached to an aromatic ring is 2. The fourth-order valence-corrected chi connectivity index (χ4v) is 5.02. The zero-order valence-electron chi connectivity index (χ0n) is 19.0. The van der Waals surface area contributed by atoms with Gasteiger partial charge < -0.3 is 26.4 Å². The van der Waals surface area contributed by atoms with Gasteiger partial charge in [-0.05, 0) is 54.2 Å². The third-order valence-corrected chi connectivity index (χ3v) is 7.00. The number of carboxylic acid groups (broad SMARTS) is 1. The number of aromatic nitrogens is 2. The summed E-state index contributed by atoms with van der Waals surface area (Å²) >= 11 is 0. The van der Waals surface area contributed by atoms with E-state index in [0.717, 1.165) is 59.4 Å². The minimum atomic E-state index is -0.896. The van der Waals surface area contributed by atoms with Crippen molar-refractivity contribution in [3.05, 3.63) is 70.8 Å². The first-order chi connectivity index (χ1) is 16.9. The van der Waals surface area contributed by atoms with Crippen molar-refractivity contribution >= 4 is 29.1 Å². The van der Waals surface area contributed by atoms with Gasteiger partial charge in [0.25, 0.3) is 0 Å². The van der Waals surface area contributed by atoms with E-state index in [0.29, 0.717) is 36.0 Å². The van der Waals surface area contributed by atoms with Crippen molar-refractivity contribution in [3.63, 3.8) is 0 Å². The number of benzene rings is 2. The fraction of sp³-hybridized carbons (Fsp3) is 0.269. The smallest absolute Gasteiger partial charge is 0.333 e. The van der Waals surface area contributed by atoms with Gasteiger partial charge in [-0.3, -0.25) is 0 Å². The van der Waals surface area contributed by atoms with Gasteiger partial charge in [0.15, 0.2) is 0 Å². The molecule has 0 spiro atoms. The molecule has 1 fully saturated rings. The highest BCUT2D eigenvalue weighted by atomic mass is 19.1. The average molecular weight is 473 g/mol. The SMILES string of the molecule is Nc1ncc(CN2CCc3cc(-c4ccc5c(c4)N(C4CC4)C=C(C(=O)O)C5)c(F)cc32)c(N)n1. The van der Waals surface area contributed by atoms with Crippen LogP contribution in [0.2, 0.25) is 0 Å². The number of halogens is 1. The molecule has 1 aliphatic carbocycles. The van der Waals surface area contributed by atoms with Crippen molar-refractivity contribution in [3.8, 4) is 11.1 Å². The highest BCUT2D eigenvalue weighted by Gasteiger charge is 2.33. The van der Waals surface area contributed by atoms with E-state index in [1.807, 2.05) is 24.3 Å². The summed E-state index contributed by atoms with van der Waals surface area (Å²) in [6.07, 6.45) is 6.58. The van der Waals surface area contributed by atoms with Gasteiger partial charge in [0.2, 0.25) is 5.95 Å². The van der Waals surface area contributed by atoms with Crippen LogP contribution in [0.25, 0.3) is 11.1 Å². The molecule has 0 radical (unpaired) electrons. The van der Waals surface area contributed by atoms with Gasteiger partial charge in [-0.25, -0.2) is 14.2 Å². The van der Waals surface area contributed by atoms with Gasteiger partial charge >= 0.3 is 5.97 Å². The Kier molecular flexibility index (Phi) is 4.87. The molecule has 3 heterocycles. The molecule has 0 atom stereocenters. The molecular formula is C26H25FN6O2. The van der Waals surface area contributed by atoms with E-state index in [4.69, 9.17) is 11.5 Å². The van der Waals surface area contributed by atoms with Crippen molar-refractivity contribution < 1.29 is 14.3 Å². The number of rotatable bonds is 5. The summed E-state index contributed by atoms with van der Waals surface area (Å²) in [5, 5.41) is 9.52. The van der Waals surface area contributed by atoms with Crippen LogP contribution in [0, 0.1) is 5.82 Å². The van der Waals surface area contributed by atoms with Crippen LogP contribution in [0.15, 0.2) is 48.3 Å². The van der Waals surface area contributed by atoms with Gasteiger partial charge in [-0.2, -0.15) is 4.98 Å². The fourth-order valence-electron chi connectivity index (χ4n) is 5.02. The minimum absolute atomic E-state index is 0.128. The molecule has 3 aromatic rings. The van der Waals surface area contributed by atoms with E-state index in [9.17, 15) is 9.90 Å². The molecule has 9 heteroatoms. The van der Waals surface area contributed by atoms with Gasteiger partial charge in [0.1, 0.15) is 11.6 Å². The summed E-state index contributed by atoms with van der Waals surface area (Å²) in [6, 6.07) is 9.64. The summed E-state index contributed by atoms with van der Waals surface area (Å²) in [5.74, 6) is -0.735. The molecule has 0 bridgehead atoms.